The predicted molar refractivity (Wildman–Crippen MR) is 88.8 cm³/mol. The number of carbonyl (C=O) groups is 1. The van der Waals surface area contributed by atoms with Crippen LogP contribution in [0.25, 0.3) is 11.6 Å². The van der Waals surface area contributed by atoms with Gasteiger partial charge in [0.15, 0.2) is 6.61 Å². The summed E-state index contributed by atoms with van der Waals surface area (Å²) in [6, 6.07) is 16.8. The van der Waals surface area contributed by atoms with Crippen LogP contribution in [-0.4, -0.2) is 12.5 Å². The Bertz CT molecular complexity index is 746. The summed E-state index contributed by atoms with van der Waals surface area (Å²) in [6.07, 6.45) is 1.76. The van der Waals surface area contributed by atoms with E-state index in [9.17, 15) is 10.1 Å². The molecule has 0 saturated heterocycles. The molecule has 2 aromatic rings. The van der Waals surface area contributed by atoms with Crippen LogP contribution in [-0.2, 0) is 4.79 Å². The van der Waals surface area contributed by atoms with Crippen molar-refractivity contribution in [2.75, 3.05) is 6.61 Å². The fraction of sp³-hybridized carbons (Fsp3) is 0.0588. The normalized spacial score (nSPS) is 10.8. The van der Waals surface area contributed by atoms with Crippen molar-refractivity contribution in [3.8, 4) is 11.8 Å². The van der Waals surface area contributed by atoms with Gasteiger partial charge in [-0.3, -0.25) is 4.79 Å². The Morgan fingerprint density at radius 3 is 2.64 bits per heavy atom. The van der Waals surface area contributed by atoms with Gasteiger partial charge in [0.1, 0.15) is 5.75 Å². The molecule has 0 aliphatic heterocycles. The number of nitrogens with zero attached hydrogens (tertiary/aromatic N) is 1. The molecule has 4 nitrogen and oxygen atoms in total. The summed E-state index contributed by atoms with van der Waals surface area (Å²) in [7, 11) is 0. The van der Waals surface area contributed by atoms with Crippen LogP contribution in [0.1, 0.15) is 11.1 Å². The fourth-order valence-corrected chi connectivity index (χ4v) is 2.09. The number of nitrogens with two attached hydrogens (primary N) is 1. The Morgan fingerprint density at radius 1 is 1.27 bits per heavy atom. The van der Waals surface area contributed by atoms with Crippen molar-refractivity contribution in [3.05, 3.63) is 64.1 Å². The molecule has 0 saturated carbocycles. The lowest BCUT2D eigenvalue weighted by molar-refractivity contribution is -0.119. The molecule has 22 heavy (non-hydrogen) atoms. The summed E-state index contributed by atoms with van der Waals surface area (Å²) >= 11 is 3.37. The third kappa shape index (κ3) is 4.47. The SMILES string of the molecule is N#C/C(=C\c1cccc(OCC(N)=O)c1)c1ccc(Br)cc1. The Hall–Kier alpha value is -2.58. The number of nitriles is 1. The number of hydrogen-bond donors (Lipinski definition) is 1. The second-order valence-corrected chi connectivity index (χ2v) is 5.42. The van der Waals surface area contributed by atoms with Gasteiger partial charge < -0.3 is 10.5 Å². The molecular weight excluding hydrogens is 344 g/mol. The highest BCUT2D eigenvalue weighted by molar-refractivity contribution is 9.10. The largest absolute Gasteiger partial charge is 0.484 e. The zero-order valence-electron chi connectivity index (χ0n) is 11.6. The third-order valence-electron chi connectivity index (χ3n) is 2.83. The summed E-state index contributed by atoms with van der Waals surface area (Å²) in [5.74, 6) is -0.00540. The van der Waals surface area contributed by atoms with Crippen LogP contribution in [0, 0.1) is 11.3 Å². The molecule has 0 atom stereocenters. The van der Waals surface area contributed by atoms with Gasteiger partial charge in [0, 0.05) is 4.47 Å². The van der Waals surface area contributed by atoms with E-state index in [1.54, 1.807) is 24.3 Å². The standard InChI is InChI=1S/C17H13BrN2O2/c18-15-6-4-13(5-7-15)14(10-19)8-12-2-1-3-16(9-12)22-11-17(20)21/h1-9H,11H2,(H2,20,21)/b14-8+. The maximum Gasteiger partial charge on any atom is 0.255 e. The molecule has 0 aliphatic carbocycles. The Morgan fingerprint density at radius 2 is 2.00 bits per heavy atom. The van der Waals surface area contributed by atoms with Gasteiger partial charge in [-0.25, -0.2) is 0 Å². The first kappa shape index (κ1) is 15.8. The number of benzene rings is 2. The van der Waals surface area contributed by atoms with E-state index in [0.717, 1.165) is 15.6 Å². The molecule has 0 radical (unpaired) electrons. The summed E-state index contributed by atoms with van der Waals surface area (Å²) in [5.41, 5.74) is 7.22. The zero-order chi connectivity index (χ0) is 15.9. The Labute approximate surface area is 136 Å². The molecule has 2 N–H and O–H groups in total. The van der Waals surface area contributed by atoms with Gasteiger partial charge in [-0.15, -0.1) is 0 Å². The van der Waals surface area contributed by atoms with Crippen LogP contribution in [0.4, 0.5) is 0 Å². The van der Waals surface area contributed by atoms with E-state index in [2.05, 4.69) is 22.0 Å². The molecule has 110 valence electrons. The van der Waals surface area contributed by atoms with Crippen LogP contribution in [0.2, 0.25) is 0 Å². The smallest absolute Gasteiger partial charge is 0.255 e. The average molecular weight is 357 g/mol. The molecule has 0 heterocycles. The van der Waals surface area contributed by atoms with E-state index in [1.807, 2.05) is 30.3 Å². The number of rotatable bonds is 5. The number of allylic oxidation sites excluding steroid dienone is 1. The molecule has 2 aromatic carbocycles. The molecule has 2 rings (SSSR count). The molecule has 0 spiro atoms. The van der Waals surface area contributed by atoms with E-state index >= 15 is 0 Å². The monoisotopic (exact) mass is 356 g/mol. The van der Waals surface area contributed by atoms with Crippen molar-refractivity contribution in [3.63, 3.8) is 0 Å². The minimum absolute atomic E-state index is 0.176. The number of primary amides is 1. The zero-order valence-corrected chi connectivity index (χ0v) is 13.2. The van der Waals surface area contributed by atoms with Crippen molar-refractivity contribution >= 4 is 33.5 Å². The molecule has 0 fully saturated rings. The molecule has 0 aliphatic rings. The first-order valence-electron chi connectivity index (χ1n) is 6.47. The summed E-state index contributed by atoms with van der Waals surface area (Å²) in [4.78, 5) is 10.7. The molecule has 0 aromatic heterocycles. The number of carbonyl (C=O) groups excluding carboxylic acids is 1. The highest BCUT2D eigenvalue weighted by Crippen LogP contribution is 2.22. The molecule has 1 amide bonds. The Kier molecular flexibility index (Phi) is 5.34. The van der Waals surface area contributed by atoms with Gasteiger partial charge in [-0.05, 0) is 41.5 Å². The fourth-order valence-electron chi connectivity index (χ4n) is 1.82. The molecule has 0 unspecified atom stereocenters. The van der Waals surface area contributed by atoms with Crippen molar-refractivity contribution in [2.45, 2.75) is 0 Å². The minimum atomic E-state index is -0.534. The number of ether oxygens (including phenoxy) is 1. The van der Waals surface area contributed by atoms with Crippen molar-refractivity contribution in [1.82, 2.24) is 0 Å². The second kappa shape index (κ2) is 7.43. The van der Waals surface area contributed by atoms with Gasteiger partial charge in [-0.2, -0.15) is 5.26 Å². The lowest BCUT2D eigenvalue weighted by Crippen LogP contribution is -2.19. The number of halogens is 1. The first-order valence-corrected chi connectivity index (χ1v) is 7.26. The van der Waals surface area contributed by atoms with E-state index in [4.69, 9.17) is 10.5 Å². The lowest BCUT2D eigenvalue weighted by atomic mass is 10.0. The van der Waals surface area contributed by atoms with E-state index in [0.29, 0.717) is 11.3 Å². The van der Waals surface area contributed by atoms with Gasteiger partial charge >= 0.3 is 0 Å². The van der Waals surface area contributed by atoms with Crippen LogP contribution in [0.5, 0.6) is 5.75 Å². The lowest BCUT2D eigenvalue weighted by Gasteiger charge is -2.05. The topological polar surface area (TPSA) is 76.1 Å². The summed E-state index contributed by atoms with van der Waals surface area (Å²) < 4.78 is 6.21. The van der Waals surface area contributed by atoms with Crippen molar-refractivity contribution in [1.29, 1.82) is 5.26 Å². The van der Waals surface area contributed by atoms with Crippen molar-refractivity contribution < 1.29 is 9.53 Å². The number of amides is 1. The third-order valence-corrected chi connectivity index (χ3v) is 3.35. The van der Waals surface area contributed by atoms with E-state index in [1.165, 1.54) is 0 Å². The van der Waals surface area contributed by atoms with E-state index in [-0.39, 0.29) is 6.61 Å². The summed E-state index contributed by atoms with van der Waals surface area (Å²) in [5, 5.41) is 9.33. The minimum Gasteiger partial charge on any atom is -0.484 e. The molecule has 0 bridgehead atoms. The van der Waals surface area contributed by atoms with Crippen LogP contribution in [0.15, 0.2) is 53.0 Å². The predicted octanol–water partition coefficient (Wildman–Crippen LogP) is 3.38. The highest BCUT2D eigenvalue weighted by atomic mass is 79.9. The van der Waals surface area contributed by atoms with Gasteiger partial charge in [0.05, 0.1) is 11.6 Å². The second-order valence-electron chi connectivity index (χ2n) is 4.50. The van der Waals surface area contributed by atoms with Gasteiger partial charge in [0.2, 0.25) is 0 Å². The average Bonchev–Trinajstić information content (AvgIpc) is 2.52. The van der Waals surface area contributed by atoms with Gasteiger partial charge in [0.25, 0.3) is 5.91 Å². The van der Waals surface area contributed by atoms with E-state index < -0.39 is 5.91 Å². The highest BCUT2D eigenvalue weighted by Gasteiger charge is 2.03. The molecular formula is C17H13BrN2O2. The first-order chi connectivity index (χ1) is 10.6. The van der Waals surface area contributed by atoms with Crippen molar-refractivity contribution in [2.24, 2.45) is 5.73 Å². The summed E-state index contributed by atoms with van der Waals surface area (Å²) in [6.45, 7) is -0.176. The van der Waals surface area contributed by atoms with Gasteiger partial charge in [-0.1, -0.05) is 40.2 Å². The van der Waals surface area contributed by atoms with Crippen LogP contribution < -0.4 is 10.5 Å². The Balaban J connectivity index is 2.26. The quantitative estimate of drug-likeness (QED) is 0.658. The van der Waals surface area contributed by atoms with Crippen LogP contribution in [0.3, 0.4) is 0 Å². The maximum absolute atomic E-state index is 10.7. The van der Waals surface area contributed by atoms with Crippen LogP contribution >= 0.6 is 15.9 Å². The number of hydrogen-bond acceptors (Lipinski definition) is 3. The maximum atomic E-state index is 10.7. The molecule has 5 heteroatoms.